The number of esters is 2. The first-order valence-corrected chi connectivity index (χ1v) is 7.77. The molecule has 1 fully saturated rings. The molecule has 2 aromatic carbocycles. The number of fused-ring (bicyclic) bond motifs is 1. The standard InChI is InChI=1S/C17H14BrNO4/c1-17(2)22-15(20)12(16(21)23-17)9-19-14-8-7-13(18)10-5-3-4-6-11(10)14/h3-9,19H,1-2H3. The quantitative estimate of drug-likeness (QED) is 0.492. The van der Waals surface area contributed by atoms with Crippen LogP contribution in [0.2, 0.25) is 0 Å². The minimum absolute atomic E-state index is 0.170. The van der Waals surface area contributed by atoms with Gasteiger partial charge in [-0.1, -0.05) is 40.2 Å². The van der Waals surface area contributed by atoms with Crippen LogP contribution in [-0.2, 0) is 19.1 Å². The Morgan fingerprint density at radius 2 is 1.61 bits per heavy atom. The maximum atomic E-state index is 11.9. The van der Waals surface area contributed by atoms with E-state index in [0.29, 0.717) is 0 Å². The molecule has 1 N–H and O–H groups in total. The minimum atomic E-state index is -1.24. The number of carbonyl (C=O) groups excluding carboxylic acids is 2. The van der Waals surface area contributed by atoms with Crippen molar-refractivity contribution in [2.24, 2.45) is 0 Å². The van der Waals surface area contributed by atoms with Gasteiger partial charge < -0.3 is 14.8 Å². The molecule has 0 aromatic heterocycles. The van der Waals surface area contributed by atoms with Crippen molar-refractivity contribution in [3.05, 3.63) is 52.6 Å². The van der Waals surface area contributed by atoms with E-state index in [9.17, 15) is 9.59 Å². The van der Waals surface area contributed by atoms with Gasteiger partial charge in [-0.2, -0.15) is 0 Å². The van der Waals surface area contributed by atoms with E-state index in [2.05, 4.69) is 21.2 Å². The molecule has 118 valence electrons. The molecule has 0 amide bonds. The van der Waals surface area contributed by atoms with Crippen molar-refractivity contribution in [3.8, 4) is 0 Å². The molecule has 3 rings (SSSR count). The van der Waals surface area contributed by atoms with Gasteiger partial charge in [-0.3, -0.25) is 0 Å². The Morgan fingerprint density at radius 3 is 2.26 bits per heavy atom. The van der Waals surface area contributed by atoms with Gasteiger partial charge in [0.05, 0.1) is 0 Å². The Morgan fingerprint density at radius 1 is 1.00 bits per heavy atom. The van der Waals surface area contributed by atoms with Crippen LogP contribution < -0.4 is 5.32 Å². The smallest absolute Gasteiger partial charge is 0.350 e. The van der Waals surface area contributed by atoms with E-state index < -0.39 is 17.7 Å². The number of carbonyl (C=O) groups is 2. The highest BCUT2D eigenvalue weighted by Crippen LogP contribution is 2.30. The van der Waals surface area contributed by atoms with Crippen LogP contribution in [0, 0.1) is 0 Å². The number of halogens is 1. The number of cyclic esters (lactones) is 2. The van der Waals surface area contributed by atoms with Crippen LogP contribution in [0.15, 0.2) is 52.6 Å². The summed E-state index contributed by atoms with van der Waals surface area (Å²) in [5.74, 6) is -2.66. The summed E-state index contributed by atoms with van der Waals surface area (Å²) in [5.41, 5.74) is 0.595. The molecule has 1 aliphatic rings. The molecule has 1 heterocycles. The molecule has 0 unspecified atom stereocenters. The van der Waals surface area contributed by atoms with Gasteiger partial charge in [-0.25, -0.2) is 9.59 Å². The molecule has 1 saturated heterocycles. The third-order valence-corrected chi connectivity index (χ3v) is 4.05. The Hall–Kier alpha value is -2.34. The second kappa shape index (κ2) is 5.70. The van der Waals surface area contributed by atoms with Crippen LogP contribution >= 0.6 is 15.9 Å². The molecule has 0 spiro atoms. The van der Waals surface area contributed by atoms with E-state index in [1.165, 1.54) is 20.0 Å². The van der Waals surface area contributed by atoms with Crippen LogP contribution in [0.25, 0.3) is 10.8 Å². The zero-order chi connectivity index (χ0) is 16.6. The topological polar surface area (TPSA) is 64.6 Å². The summed E-state index contributed by atoms with van der Waals surface area (Å²) in [7, 11) is 0. The van der Waals surface area contributed by atoms with Crippen LogP contribution in [0.4, 0.5) is 5.69 Å². The average molecular weight is 376 g/mol. The Balaban J connectivity index is 1.93. The van der Waals surface area contributed by atoms with Crippen molar-refractivity contribution in [1.29, 1.82) is 0 Å². The normalized spacial score (nSPS) is 16.7. The van der Waals surface area contributed by atoms with Gasteiger partial charge in [0, 0.05) is 35.6 Å². The monoisotopic (exact) mass is 375 g/mol. The molecule has 2 aromatic rings. The summed E-state index contributed by atoms with van der Waals surface area (Å²) in [6.45, 7) is 3.02. The van der Waals surface area contributed by atoms with Crippen molar-refractivity contribution in [2.45, 2.75) is 19.6 Å². The Kier molecular flexibility index (Phi) is 3.85. The zero-order valence-electron chi connectivity index (χ0n) is 12.6. The number of hydrogen-bond donors (Lipinski definition) is 1. The number of nitrogens with one attached hydrogen (secondary N) is 1. The maximum Gasteiger partial charge on any atom is 0.350 e. The molecule has 6 heteroatoms. The third kappa shape index (κ3) is 3.07. The Labute approximate surface area is 141 Å². The lowest BCUT2D eigenvalue weighted by molar-refractivity contribution is -0.222. The van der Waals surface area contributed by atoms with E-state index in [-0.39, 0.29) is 5.57 Å². The van der Waals surface area contributed by atoms with E-state index in [1.807, 2.05) is 36.4 Å². The van der Waals surface area contributed by atoms with E-state index in [4.69, 9.17) is 9.47 Å². The van der Waals surface area contributed by atoms with Crippen LogP contribution in [0.5, 0.6) is 0 Å². The molecular formula is C17H14BrNO4. The van der Waals surface area contributed by atoms with Gasteiger partial charge in [0.2, 0.25) is 0 Å². The molecule has 0 radical (unpaired) electrons. The highest BCUT2D eigenvalue weighted by molar-refractivity contribution is 9.10. The summed E-state index contributed by atoms with van der Waals surface area (Å²) >= 11 is 3.50. The fourth-order valence-electron chi connectivity index (χ4n) is 2.32. The number of anilines is 1. The largest absolute Gasteiger partial charge is 0.419 e. The summed E-state index contributed by atoms with van der Waals surface area (Å²) in [4.78, 5) is 23.8. The molecule has 23 heavy (non-hydrogen) atoms. The predicted octanol–water partition coefficient (Wildman–Crippen LogP) is 3.73. The number of hydrogen-bond acceptors (Lipinski definition) is 5. The van der Waals surface area contributed by atoms with Crippen LogP contribution in [0.3, 0.4) is 0 Å². The summed E-state index contributed by atoms with van der Waals surface area (Å²) in [6, 6.07) is 11.5. The molecule has 0 atom stereocenters. The van der Waals surface area contributed by atoms with Crippen molar-refractivity contribution in [3.63, 3.8) is 0 Å². The first-order chi connectivity index (χ1) is 10.9. The molecular weight excluding hydrogens is 362 g/mol. The lowest BCUT2D eigenvalue weighted by atomic mass is 10.1. The summed E-state index contributed by atoms with van der Waals surface area (Å²) in [6.07, 6.45) is 1.32. The first-order valence-electron chi connectivity index (χ1n) is 6.98. The van der Waals surface area contributed by atoms with Crippen molar-refractivity contribution in [1.82, 2.24) is 0 Å². The SMILES string of the molecule is CC1(C)OC(=O)C(=CNc2ccc(Br)c3ccccc23)C(=O)O1. The van der Waals surface area contributed by atoms with Gasteiger partial charge in [-0.15, -0.1) is 0 Å². The zero-order valence-corrected chi connectivity index (χ0v) is 14.1. The number of benzene rings is 2. The van der Waals surface area contributed by atoms with E-state index in [0.717, 1.165) is 20.9 Å². The molecule has 0 bridgehead atoms. The second-order valence-electron chi connectivity index (χ2n) is 5.52. The van der Waals surface area contributed by atoms with Gasteiger partial charge in [0.15, 0.2) is 5.57 Å². The second-order valence-corrected chi connectivity index (χ2v) is 6.38. The highest BCUT2D eigenvalue weighted by Gasteiger charge is 2.38. The first kappa shape index (κ1) is 15.6. The molecule has 0 saturated carbocycles. The lowest BCUT2D eigenvalue weighted by Gasteiger charge is -2.29. The fraction of sp³-hybridized carbons (Fsp3) is 0.176. The average Bonchev–Trinajstić information content (AvgIpc) is 2.47. The number of ether oxygens (including phenoxy) is 2. The van der Waals surface area contributed by atoms with Crippen molar-refractivity contribution in [2.75, 3.05) is 5.32 Å². The molecule has 1 aliphatic heterocycles. The van der Waals surface area contributed by atoms with Crippen molar-refractivity contribution < 1.29 is 19.1 Å². The van der Waals surface area contributed by atoms with Gasteiger partial charge in [0.1, 0.15) is 0 Å². The predicted molar refractivity (Wildman–Crippen MR) is 89.6 cm³/mol. The fourth-order valence-corrected chi connectivity index (χ4v) is 2.79. The van der Waals surface area contributed by atoms with Gasteiger partial charge >= 0.3 is 11.9 Å². The molecule has 0 aliphatic carbocycles. The summed E-state index contributed by atoms with van der Waals surface area (Å²) in [5, 5.41) is 4.96. The van der Waals surface area contributed by atoms with Crippen LogP contribution in [-0.4, -0.2) is 17.7 Å². The van der Waals surface area contributed by atoms with Gasteiger partial charge in [0.25, 0.3) is 5.79 Å². The molecule has 5 nitrogen and oxygen atoms in total. The van der Waals surface area contributed by atoms with Crippen LogP contribution in [0.1, 0.15) is 13.8 Å². The Bertz CT molecular complexity index is 820. The highest BCUT2D eigenvalue weighted by atomic mass is 79.9. The van der Waals surface area contributed by atoms with E-state index >= 15 is 0 Å². The third-order valence-electron chi connectivity index (χ3n) is 3.36. The number of rotatable bonds is 2. The van der Waals surface area contributed by atoms with E-state index in [1.54, 1.807) is 0 Å². The lowest BCUT2D eigenvalue weighted by Crippen LogP contribution is -2.42. The summed E-state index contributed by atoms with van der Waals surface area (Å²) < 4.78 is 11.1. The maximum absolute atomic E-state index is 11.9. The van der Waals surface area contributed by atoms with Crippen molar-refractivity contribution >= 4 is 44.3 Å². The van der Waals surface area contributed by atoms with Gasteiger partial charge in [-0.05, 0) is 17.5 Å². The minimum Gasteiger partial charge on any atom is -0.419 e.